The number of hydrogen-bond donors (Lipinski definition) is 2. The maximum Gasteiger partial charge on any atom is 0.227 e. The zero-order valence-corrected chi connectivity index (χ0v) is 13.5. The highest BCUT2D eigenvalue weighted by Gasteiger charge is 2.28. The number of aliphatic hydroxyl groups is 1. The van der Waals surface area contributed by atoms with Crippen molar-refractivity contribution in [2.75, 3.05) is 31.9 Å². The van der Waals surface area contributed by atoms with Gasteiger partial charge in [-0.15, -0.1) is 0 Å². The maximum absolute atomic E-state index is 12.5. The molecule has 1 saturated heterocycles. The lowest BCUT2D eigenvalue weighted by Gasteiger charge is -2.41. The van der Waals surface area contributed by atoms with Crippen LogP contribution in [0.2, 0.25) is 0 Å². The van der Waals surface area contributed by atoms with E-state index in [0.717, 1.165) is 31.6 Å². The van der Waals surface area contributed by atoms with E-state index in [-0.39, 0.29) is 12.0 Å². The summed E-state index contributed by atoms with van der Waals surface area (Å²) in [6.45, 7) is 6.93. The lowest BCUT2D eigenvalue weighted by molar-refractivity contribution is -0.133. The topological polar surface area (TPSA) is 69.8 Å². The Morgan fingerprint density at radius 2 is 2.05 bits per heavy atom. The molecule has 5 heteroatoms. The molecule has 1 aliphatic heterocycles. The molecule has 1 fully saturated rings. The summed E-state index contributed by atoms with van der Waals surface area (Å²) >= 11 is 0. The van der Waals surface area contributed by atoms with Gasteiger partial charge in [-0.1, -0.05) is 19.1 Å². The minimum Gasteiger partial charge on any atom is -0.399 e. The van der Waals surface area contributed by atoms with Gasteiger partial charge in [0.05, 0.1) is 12.5 Å². The predicted molar refractivity (Wildman–Crippen MR) is 88.5 cm³/mol. The minimum absolute atomic E-state index is 0.167. The number of benzene rings is 1. The number of anilines is 1. The molecule has 3 N–H and O–H groups in total. The molecule has 0 saturated carbocycles. The number of nitrogens with zero attached hydrogens (tertiary/aromatic N) is 2. The third kappa shape index (κ3) is 4.45. The van der Waals surface area contributed by atoms with E-state index in [4.69, 9.17) is 5.73 Å². The van der Waals surface area contributed by atoms with Crippen LogP contribution >= 0.6 is 0 Å². The number of rotatable bonds is 5. The van der Waals surface area contributed by atoms with E-state index >= 15 is 0 Å². The molecule has 2 unspecified atom stereocenters. The molecular formula is C17H27N3O2. The standard InChI is InChI=1S/C17H27N3O2/c1-3-16-12-20(9-8-19(16)11-13(2)21)17(22)10-14-4-6-15(18)7-5-14/h4-7,13,16,21H,3,8-12,18H2,1-2H3. The van der Waals surface area contributed by atoms with E-state index in [1.165, 1.54) is 0 Å². The zero-order chi connectivity index (χ0) is 16.1. The van der Waals surface area contributed by atoms with E-state index in [1.807, 2.05) is 36.1 Å². The van der Waals surface area contributed by atoms with Crippen LogP contribution in [0.25, 0.3) is 0 Å². The van der Waals surface area contributed by atoms with Crippen molar-refractivity contribution >= 4 is 11.6 Å². The smallest absolute Gasteiger partial charge is 0.227 e. The van der Waals surface area contributed by atoms with Crippen molar-refractivity contribution in [3.63, 3.8) is 0 Å². The number of carbonyl (C=O) groups is 1. The van der Waals surface area contributed by atoms with Gasteiger partial charge >= 0.3 is 0 Å². The molecule has 0 radical (unpaired) electrons. The number of β-amino-alcohol motifs (C(OH)–C–C–N with tert-alkyl or cyclic N) is 1. The molecule has 1 aliphatic rings. The summed E-state index contributed by atoms with van der Waals surface area (Å²) in [5, 5.41) is 9.58. The number of aliphatic hydroxyl groups excluding tert-OH is 1. The normalized spacial score (nSPS) is 20.9. The zero-order valence-electron chi connectivity index (χ0n) is 13.5. The highest BCUT2D eigenvalue weighted by molar-refractivity contribution is 5.79. The van der Waals surface area contributed by atoms with Gasteiger partial charge < -0.3 is 15.7 Å². The first-order valence-electron chi connectivity index (χ1n) is 8.04. The molecule has 0 spiro atoms. The van der Waals surface area contributed by atoms with Gasteiger partial charge in [-0.3, -0.25) is 9.69 Å². The molecule has 0 aliphatic carbocycles. The molecule has 122 valence electrons. The second kappa shape index (κ2) is 7.61. The highest BCUT2D eigenvalue weighted by Crippen LogP contribution is 2.15. The molecular weight excluding hydrogens is 278 g/mol. The molecule has 1 amide bonds. The van der Waals surface area contributed by atoms with E-state index in [9.17, 15) is 9.90 Å². The average molecular weight is 305 g/mol. The second-order valence-corrected chi connectivity index (χ2v) is 6.16. The summed E-state index contributed by atoms with van der Waals surface area (Å²) in [5.41, 5.74) is 7.39. The molecule has 1 aromatic rings. The van der Waals surface area contributed by atoms with Gasteiger partial charge in [0.25, 0.3) is 0 Å². The van der Waals surface area contributed by atoms with Gasteiger partial charge in [0.1, 0.15) is 0 Å². The largest absolute Gasteiger partial charge is 0.399 e. The molecule has 2 rings (SSSR count). The first-order valence-corrected chi connectivity index (χ1v) is 8.04. The van der Waals surface area contributed by atoms with Crippen molar-refractivity contribution in [2.45, 2.75) is 38.8 Å². The van der Waals surface area contributed by atoms with Crippen molar-refractivity contribution in [3.8, 4) is 0 Å². The van der Waals surface area contributed by atoms with Crippen LogP contribution in [-0.2, 0) is 11.2 Å². The van der Waals surface area contributed by atoms with Gasteiger partial charge in [-0.25, -0.2) is 0 Å². The molecule has 5 nitrogen and oxygen atoms in total. The number of amides is 1. The highest BCUT2D eigenvalue weighted by atomic mass is 16.3. The third-order valence-corrected chi connectivity index (χ3v) is 4.26. The number of hydrogen-bond acceptors (Lipinski definition) is 4. The Kier molecular flexibility index (Phi) is 5.80. The number of piperazine rings is 1. The Morgan fingerprint density at radius 1 is 1.36 bits per heavy atom. The van der Waals surface area contributed by atoms with Crippen LogP contribution in [0, 0.1) is 0 Å². The Bertz CT molecular complexity index is 487. The summed E-state index contributed by atoms with van der Waals surface area (Å²) in [6, 6.07) is 7.82. The van der Waals surface area contributed by atoms with Crippen LogP contribution in [0.1, 0.15) is 25.8 Å². The van der Waals surface area contributed by atoms with Gasteiger partial charge in [0.15, 0.2) is 0 Å². The minimum atomic E-state index is -0.328. The lowest BCUT2D eigenvalue weighted by atomic mass is 10.1. The molecule has 0 bridgehead atoms. The Hall–Kier alpha value is -1.59. The third-order valence-electron chi connectivity index (χ3n) is 4.26. The van der Waals surface area contributed by atoms with Crippen molar-refractivity contribution in [2.24, 2.45) is 0 Å². The van der Waals surface area contributed by atoms with Crippen molar-refractivity contribution in [3.05, 3.63) is 29.8 Å². The van der Waals surface area contributed by atoms with Crippen LogP contribution in [0.5, 0.6) is 0 Å². The summed E-state index contributed by atoms with van der Waals surface area (Å²) in [6.07, 6.45) is 1.08. The fraction of sp³-hybridized carbons (Fsp3) is 0.588. The van der Waals surface area contributed by atoms with E-state index in [1.54, 1.807) is 0 Å². The van der Waals surface area contributed by atoms with Crippen LogP contribution in [0.15, 0.2) is 24.3 Å². The first kappa shape index (κ1) is 16.8. The van der Waals surface area contributed by atoms with E-state index in [2.05, 4.69) is 11.8 Å². The first-order chi connectivity index (χ1) is 10.5. The number of carbonyl (C=O) groups excluding carboxylic acids is 1. The fourth-order valence-corrected chi connectivity index (χ4v) is 3.01. The average Bonchev–Trinajstić information content (AvgIpc) is 2.49. The van der Waals surface area contributed by atoms with Crippen LogP contribution in [0.4, 0.5) is 5.69 Å². The fourth-order valence-electron chi connectivity index (χ4n) is 3.01. The lowest BCUT2D eigenvalue weighted by Crippen LogP contribution is -2.56. The van der Waals surface area contributed by atoms with Crippen LogP contribution in [0.3, 0.4) is 0 Å². The summed E-state index contributed by atoms with van der Waals surface area (Å²) in [5.74, 6) is 0.167. The Balaban J connectivity index is 1.92. The second-order valence-electron chi connectivity index (χ2n) is 6.16. The molecule has 22 heavy (non-hydrogen) atoms. The van der Waals surface area contributed by atoms with E-state index in [0.29, 0.717) is 24.7 Å². The van der Waals surface area contributed by atoms with Gasteiger partial charge in [-0.05, 0) is 31.0 Å². The van der Waals surface area contributed by atoms with E-state index < -0.39 is 0 Å². The maximum atomic E-state index is 12.5. The van der Waals surface area contributed by atoms with Crippen LogP contribution < -0.4 is 5.73 Å². The Morgan fingerprint density at radius 3 is 2.64 bits per heavy atom. The summed E-state index contributed by atoms with van der Waals surface area (Å²) in [4.78, 5) is 16.7. The Labute approximate surface area is 132 Å². The van der Waals surface area contributed by atoms with Gasteiger partial charge in [0, 0.05) is 37.9 Å². The molecule has 1 aromatic carbocycles. The predicted octanol–water partition coefficient (Wildman–Crippen LogP) is 1.11. The van der Waals surface area contributed by atoms with Gasteiger partial charge in [-0.2, -0.15) is 0 Å². The van der Waals surface area contributed by atoms with Crippen molar-refractivity contribution in [1.82, 2.24) is 9.80 Å². The van der Waals surface area contributed by atoms with Crippen LogP contribution in [-0.4, -0.2) is 59.1 Å². The number of nitrogen functional groups attached to an aromatic ring is 1. The summed E-state index contributed by atoms with van der Waals surface area (Å²) in [7, 11) is 0. The number of nitrogens with two attached hydrogens (primary N) is 1. The van der Waals surface area contributed by atoms with Crippen molar-refractivity contribution < 1.29 is 9.90 Å². The quantitative estimate of drug-likeness (QED) is 0.800. The van der Waals surface area contributed by atoms with Gasteiger partial charge in [0.2, 0.25) is 5.91 Å². The SMILES string of the molecule is CCC1CN(C(=O)Cc2ccc(N)cc2)CCN1CC(C)O. The summed E-state index contributed by atoms with van der Waals surface area (Å²) < 4.78 is 0. The molecule has 2 atom stereocenters. The monoisotopic (exact) mass is 305 g/mol. The molecule has 0 aromatic heterocycles. The van der Waals surface area contributed by atoms with Crippen molar-refractivity contribution in [1.29, 1.82) is 0 Å². The molecule has 1 heterocycles.